The van der Waals surface area contributed by atoms with Gasteiger partial charge >= 0.3 is 12.0 Å². The van der Waals surface area contributed by atoms with Gasteiger partial charge in [-0.1, -0.05) is 12.1 Å². The van der Waals surface area contributed by atoms with E-state index in [4.69, 9.17) is 9.47 Å². The van der Waals surface area contributed by atoms with Crippen molar-refractivity contribution in [1.29, 1.82) is 0 Å². The highest BCUT2D eigenvalue weighted by atomic mass is 16.6. The lowest BCUT2D eigenvalue weighted by atomic mass is 10.1. The van der Waals surface area contributed by atoms with Gasteiger partial charge in [0.05, 0.1) is 0 Å². The van der Waals surface area contributed by atoms with Crippen molar-refractivity contribution < 1.29 is 23.9 Å². The molecule has 0 saturated heterocycles. The zero-order chi connectivity index (χ0) is 16.8. The zero-order valence-electron chi connectivity index (χ0n) is 13.2. The van der Waals surface area contributed by atoms with Gasteiger partial charge in [-0.3, -0.25) is 10.1 Å². The Kier molecular flexibility index (Phi) is 5.56. The lowest BCUT2D eigenvalue weighted by Crippen LogP contribution is -2.42. The summed E-state index contributed by atoms with van der Waals surface area (Å²) in [7, 11) is 0. The second-order valence-electron chi connectivity index (χ2n) is 5.51. The molecule has 1 saturated carbocycles. The van der Waals surface area contributed by atoms with E-state index in [1.54, 1.807) is 0 Å². The van der Waals surface area contributed by atoms with E-state index in [1.807, 2.05) is 32.0 Å². The molecule has 0 radical (unpaired) electrons. The summed E-state index contributed by atoms with van der Waals surface area (Å²) in [6, 6.07) is 5.23. The molecule has 7 nitrogen and oxygen atoms in total. The molecule has 2 rings (SSSR count). The Bertz CT molecular complexity index is 610. The fourth-order valence-electron chi connectivity index (χ4n) is 1.80. The number of esters is 1. The highest BCUT2D eigenvalue weighted by Gasteiger charge is 2.24. The molecule has 1 aliphatic carbocycles. The van der Waals surface area contributed by atoms with Crippen molar-refractivity contribution in [2.75, 3.05) is 13.2 Å². The molecule has 23 heavy (non-hydrogen) atoms. The summed E-state index contributed by atoms with van der Waals surface area (Å²) >= 11 is 0. The molecule has 3 amide bonds. The predicted octanol–water partition coefficient (Wildman–Crippen LogP) is 1.21. The number of rotatable bonds is 6. The summed E-state index contributed by atoms with van der Waals surface area (Å²) in [6.07, 6.45) is 1.85. The Hall–Kier alpha value is -2.57. The average molecular weight is 320 g/mol. The number of nitrogens with one attached hydrogen (secondary N) is 2. The number of benzene rings is 1. The van der Waals surface area contributed by atoms with Crippen molar-refractivity contribution in [2.45, 2.75) is 32.7 Å². The van der Waals surface area contributed by atoms with Crippen molar-refractivity contribution >= 4 is 17.9 Å². The van der Waals surface area contributed by atoms with Gasteiger partial charge in [-0.05, 0) is 43.9 Å². The molecule has 124 valence electrons. The van der Waals surface area contributed by atoms with Crippen molar-refractivity contribution in [3.05, 3.63) is 29.3 Å². The van der Waals surface area contributed by atoms with Gasteiger partial charge in [-0.25, -0.2) is 9.59 Å². The molecule has 0 spiro atoms. The van der Waals surface area contributed by atoms with Crippen LogP contribution in [0.3, 0.4) is 0 Å². The van der Waals surface area contributed by atoms with Gasteiger partial charge in [0.2, 0.25) is 0 Å². The Morgan fingerprint density at radius 1 is 1.17 bits per heavy atom. The van der Waals surface area contributed by atoms with Crippen LogP contribution < -0.4 is 15.4 Å². The van der Waals surface area contributed by atoms with Crippen molar-refractivity contribution in [2.24, 2.45) is 0 Å². The molecular weight excluding hydrogens is 300 g/mol. The van der Waals surface area contributed by atoms with Gasteiger partial charge in [0.15, 0.2) is 13.2 Å². The third kappa shape index (κ3) is 5.98. The lowest BCUT2D eigenvalue weighted by Gasteiger charge is -2.10. The van der Waals surface area contributed by atoms with Crippen molar-refractivity contribution in [3.8, 4) is 5.75 Å². The predicted molar refractivity (Wildman–Crippen MR) is 82.1 cm³/mol. The summed E-state index contributed by atoms with van der Waals surface area (Å²) in [4.78, 5) is 34.3. The molecule has 1 fully saturated rings. The molecule has 7 heteroatoms. The first-order chi connectivity index (χ1) is 10.9. The summed E-state index contributed by atoms with van der Waals surface area (Å²) in [5.41, 5.74) is 1.91. The van der Waals surface area contributed by atoms with E-state index in [0.717, 1.165) is 24.0 Å². The van der Waals surface area contributed by atoms with E-state index in [1.165, 1.54) is 0 Å². The van der Waals surface area contributed by atoms with Crippen LogP contribution in [0.2, 0.25) is 0 Å². The molecule has 0 atom stereocenters. The number of carbonyl (C=O) groups is 3. The quantitative estimate of drug-likeness (QED) is 0.769. The highest BCUT2D eigenvalue weighted by molar-refractivity contribution is 5.95. The van der Waals surface area contributed by atoms with Gasteiger partial charge in [-0.15, -0.1) is 0 Å². The third-order valence-electron chi connectivity index (χ3n) is 3.22. The minimum atomic E-state index is -0.678. The molecular formula is C16H20N2O5. The van der Waals surface area contributed by atoms with Crippen LogP contribution in [0.1, 0.15) is 24.0 Å². The number of urea groups is 1. The number of imide groups is 1. The number of ether oxygens (including phenoxy) is 2. The van der Waals surface area contributed by atoms with Crippen LogP contribution in [0, 0.1) is 13.8 Å². The second kappa shape index (κ2) is 7.62. The first-order valence-corrected chi connectivity index (χ1v) is 7.40. The van der Waals surface area contributed by atoms with Crippen molar-refractivity contribution in [1.82, 2.24) is 10.6 Å². The van der Waals surface area contributed by atoms with Crippen LogP contribution >= 0.6 is 0 Å². The highest BCUT2D eigenvalue weighted by Crippen LogP contribution is 2.19. The summed E-state index contributed by atoms with van der Waals surface area (Å²) < 4.78 is 10.1. The van der Waals surface area contributed by atoms with E-state index >= 15 is 0 Å². The SMILES string of the molecule is Cc1ccc(C)c(OCC(=O)OCC(=O)NC(=O)NC2CC2)c1. The third-order valence-corrected chi connectivity index (χ3v) is 3.22. The Labute approximate surface area is 134 Å². The number of aryl methyl sites for hydroxylation is 2. The minimum absolute atomic E-state index is 0.149. The fourth-order valence-corrected chi connectivity index (χ4v) is 1.80. The lowest BCUT2D eigenvalue weighted by molar-refractivity contribution is -0.150. The summed E-state index contributed by atoms with van der Waals surface area (Å²) in [5.74, 6) is -0.762. The van der Waals surface area contributed by atoms with Gasteiger partial charge in [0.1, 0.15) is 5.75 Å². The largest absolute Gasteiger partial charge is 0.482 e. The Balaban J connectivity index is 1.67. The molecule has 1 aromatic carbocycles. The average Bonchev–Trinajstić information content (AvgIpc) is 3.29. The number of hydrogen-bond donors (Lipinski definition) is 2. The maximum atomic E-state index is 11.6. The van der Waals surface area contributed by atoms with E-state index in [-0.39, 0.29) is 12.6 Å². The fraction of sp³-hybridized carbons (Fsp3) is 0.438. The molecule has 1 aromatic rings. The molecule has 0 aliphatic heterocycles. The standard InChI is InChI=1S/C16H20N2O5/c1-10-3-4-11(2)13(7-10)22-9-15(20)23-8-14(19)18-16(21)17-12-5-6-12/h3-4,7,12H,5-6,8-9H2,1-2H3,(H2,17,18,19,21). The smallest absolute Gasteiger partial charge is 0.344 e. The molecule has 1 aliphatic rings. The van der Waals surface area contributed by atoms with Crippen LogP contribution in [0.25, 0.3) is 0 Å². The molecule has 2 N–H and O–H groups in total. The molecule has 0 unspecified atom stereocenters. The maximum absolute atomic E-state index is 11.6. The zero-order valence-corrected chi connectivity index (χ0v) is 13.2. The van der Waals surface area contributed by atoms with Gasteiger partial charge in [-0.2, -0.15) is 0 Å². The van der Waals surface area contributed by atoms with E-state index in [0.29, 0.717) is 5.75 Å². The molecule has 0 bridgehead atoms. The number of hydrogen-bond acceptors (Lipinski definition) is 5. The van der Waals surface area contributed by atoms with E-state index in [2.05, 4.69) is 10.6 Å². The Morgan fingerprint density at radius 2 is 1.91 bits per heavy atom. The van der Waals surface area contributed by atoms with E-state index < -0.39 is 24.5 Å². The summed E-state index contributed by atoms with van der Waals surface area (Å²) in [5, 5.41) is 4.68. The van der Waals surface area contributed by atoms with Crippen LogP contribution in [-0.4, -0.2) is 37.2 Å². The normalized spacial score (nSPS) is 13.1. The first kappa shape index (κ1) is 16.8. The minimum Gasteiger partial charge on any atom is -0.482 e. The van der Waals surface area contributed by atoms with Gasteiger partial charge in [0.25, 0.3) is 5.91 Å². The van der Waals surface area contributed by atoms with Gasteiger partial charge in [0, 0.05) is 6.04 Å². The van der Waals surface area contributed by atoms with Crippen LogP contribution in [-0.2, 0) is 14.3 Å². The maximum Gasteiger partial charge on any atom is 0.344 e. The van der Waals surface area contributed by atoms with Gasteiger partial charge < -0.3 is 14.8 Å². The number of carbonyl (C=O) groups excluding carboxylic acids is 3. The van der Waals surface area contributed by atoms with Crippen LogP contribution in [0.4, 0.5) is 4.79 Å². The van der Waals surface area contributed by atoms with E-state index in [9.17, 15) is 14.4 Å². The monoisotopic (exact) mass is 320 g/mol. The van der Waals surface area contributed by atoms with Crippen LogP contribution in [0.15, 0.2) is 18.2 Å². The number of amides is 3. The molecule has 0 heterocycles. The first-order valence-electron chi connectivity index (χ1n) is 7.40. The Morgan fingerprint density at radius 3 is 2.61 bits per heavy atom. The van der Waals surface area contributed by atoms with Crippen molar-refractivity contribution in [3.63, 3.8) is 0 Å². The second-order valence-corrected chi connectivity index (χ2v) is 5.51. The summed E-state index contributed by atoms with van der Waals surface area (Å²) in [6.45, 7) is 2.96. The topological polar surface area (TPSA) is 93.7 Å². The molecule has 0 aromatic heterocycles. The van der Waals surface area contributed by atoms with Crippen LogP contribution in [0.5, 0.6) is 5.75 Å².